The Bertz CT molecular complexity index is 426. The highest BCUT2D eigenvalue weighted by Gasteiger charge is 2.14. The van der Waals surface area contributed by atoms with E-state index in [1.807, 2.05) is 6.92 Å². The van der Waals surface area contributed by atoms with Crippen molar-refractivity contribution in [1.29, 1.82) is 0 Å². The lowest BCUT2D eigenvalue weighted by Crippen LogP contribution is -2.37. The number of nitrogens with one attached hydrogen (secondary N) is 2. The smallest absolute Gasteiger partial charge is 0.252 e. The fourth-order valence-corrected chi connectivity index (χ4v) is 1.81. The topological polar surface area (TPSA) is 41.1 Å². The van der Waals surface area contributed by atoms with Crippen LogP contribution in [-0.2, 0) is 0 Å². The number of benzene rings is 1. The Morgan fingerprint density at radius 3 is 2.59 bits per heavy atom. The summed E-state index contributed by atoms with van der Waals surface area (Å²) < 4.78 is 26.3. The predicted molar refractivity (Wildman–Crippen MR) is 69.9 cm³/mol. The van der Waals surface area contributed by atoms with Gasteiger partial charge in [0.05, 0.1) is 5.56 Å². The van der Waals surface area contributed by atoms with Crippen molar-refractivity contribution < 1.29 is 13.6 Å². The molecule has 94 valence electrons. The van der Waals surface area contributed by atoms with Crippen LogP contribution in [0.25, 0.3) is 0 Å². The molecule has 0 fully saturated rings. The Balaban J connectivity index is 2.79. The van der Waals surface area contributed by atoms with E-state index in [1.54, 1.807) is 29.6 Å². The van der Waals surface area contributed by atoms with Gasteiger partial charge in [0.2, 0.25) is 0 Å². The summed E-state index contributed by atoms with van der Waals surface area (Å²) in [5, 5.41) is 5.60. The molecule has 1 unspecified atom stereocenters. The molecule has 0 aliphatic carbocycles. The van der Waals surface area contributed by atoms with Crippen LogP contribution in [0.5, 0.6) is 0 Å². The number of hydrogen-bond acceptors (Lipinski definition) is 2. The van der Waals surface area contributed by atoms with Crippen LogP contribution in [-0.4, -0.2) is 25.5 Å². The van der Waals surface area contributed by atoms with Gasteiger partial charge in [-0.25, -0.2) is 8.78 Å². The third kappa shape index (κ3) is 3.88. The monoisotopic (exact) mass is 354 g/mol. The standard InChI is InChI=1S/C11H13F2IN2O/c1-6(15-2)5-16-11(17)7-3-8(12)9(13)4-10(7)14/h3-4,6,15H,5H2,1-2H3,(H,16,17). The Hall–Kier alpha value is -0.760. The molecule has 0 spiro atoms. The Morgan fingerprint density at radius 1 is 1.41 bits per heavy atom. The second-order valence-corrected chi connectivity index (χ2v) is 4.81. The van der Waals surface area contributed by atoms with Crippen LogP contribution in [0.4, 0.5) is 8.78 Å². The molecule has 3 nitrogen and oxygen atoms in total. The van der Waals surface area contributed by atoms with Crippen LogP contribution in [0.3, 0.4) is 0 Å². The summed E-state index contributed by atoms with van der Waals surface area (Å²) in [5.41, 5.74) is 0.146. The quantitative estimate of drug-likeness (QED) is 0.641. The molecule has 1 aromatic rings. The lowest BCUT2D eigenvalue weighted by Gasteiger charge is -2.12. The Kier molecular flexibility index (Phi) is 5.26. The average molecular weight is 354 g/mol. The zero-order valence-corrected chi connectivity index (χ0v) is 11.6. The molecule has 6 heteroatoms. The predicted octanol–water partition coefficient (Wildman–Crippen LogP) is 1.91. The summed E-state index contributed by atoms with van der Waals surface area (Å²) in [7, 11) is 1.78. The van der Waals surface area contributed by atoms with Crippen molar-refractivity contribution in [3.05, 3.63) is 32.9 Å². The maximum absolute atomic E-state index is 13.0. The minimum atomic E-state index is -1.02. The molecule has 0 radical (unpaired) electrons. The lowest BCUT2D eigenvalue weighted by molar-refractivity contribution is 0.0949. The largest absolute Gasteiger partial charge is 0.350 e. The minimum absolute atomic E-state index is 0.113. The van der Waals surface area contributed by atoms with Gasteiger partial charge in [-0.1, -0.05) is 0 Å². The normalized spacial score (nSPS) is 12.3. The number of carbonyl (C=O) groups is 1. The van der Waals surface area contributed by atoms with Gasteiger partial charge in [-0.15, -0.1) is 0 Å². The number of halogens is 3. The van der Waals surface area contributed by atoms with E-state index >= 15 is 0 Å². The van der Waals surface area contributed by atoms with Crippen LogP contribution in [0.15, 0.2) is 12.1 Å². The minimum Gasteiger partial charge on any atom is -0.350 e. The number of hydrogen-bond donors (Lipinski definition) is 2. The Labute approximate surface area is 112 Å². The van der Waals surface area contributed by atoms with Crippen molar-refractivity contribution in [2.45, 2.75) is 13.0 Å². The summed E-state index contributed by atoms with van der Waals surface area (Å²) in [5.74, 6) is -2.37. The molecule has 1 rings (SSSR count). The molecule has 1 amide bonds. The first kappa shape index (κ1) is 14.3. The molecule has 0 aliphatic rings. The summed E-state index contributed by atoms with van der Waals surface area (Å²) in [4.78, 5) is 11.7. The van der Waals surface area contributed by atoms with Gasteiger partial charge >= 0.3 is 0 Å². The lowest BCUT2D eigenvalue weighted by atomic mass is 10.2. The number of rotatable bonds is 4. The number of likely N-dealkylation sites (N-methyl/N-ethyl adjacent to an activating group) is 1. The second-order valence-electron chi connectivity index (χ2n) is 3.65. The molecule has 0 aromatic heterocycles. The summed E-state index contributed by atoms with van der Waals surface area (Å²) in [6.45, 7) is 2.32. The van der Waals surface area contributed by atoms with Crippen LogP contribution < -0.4 is 10.6 Å². The van der Waals surface area contributed by atoms with Crippen molar-refractivity contribution in [3.63, 3.8) is 0 Å². The van der Waals surface area contributed by atoms with Gasteiger partial charge in [0.15, 0.2) is 11.6 Å². The molecule has 1 atom stereocenters. The van der Waals surface area contributed by atoms with Crippen molar-refractivity contribution in [1.82, 2.24) is 10.6 Å². The van der Waals surface area contributed by atoms with E-state index in [0.717, 1.165) is 12.1 Å². The van der Waals surface area contributed by atoms with E-state index < -0.39 is 17.5 Å². The molecule has 2 N–H and O–H groups in total. The van der Waals surface area contributed by atoms with Gasteiger partial charge < -0.3 is 10.6 Å². The SMILES string of the molecule is CNC(C)CNC(=O)c1cc(F)c(F)cc1I. The molecule has 0 saturated heterocycles. The summed E-state index contributed by atoms with van der Waals surface area (Å²) in [6.07, 6.45) is 0. The molecular formula is C11H13F2IN2O. The first-order valence-corrected chi connectivity index (χ1v) is 6.13. The molecule has 0 aliphatic heterocycles. The number of amides is 1. The van der Waals surface area contributed by atoms with Crippen LogP contribution in [0, 0.1) is 15.2 Å². The average Bonchev–Trinajstić information content (AvgIpc) is 2.30. The van der Waals surface area contributed by atoms with Crippen molar-refractivity contribution in [3.8, 4) is 0 Å². The van der Waals surface area contributed by atoms with Crippen molar-refractivity contribution in [2.75, 3.05) is 13.6 Å². The first-order valence-electron chi connectivity index (χ1n) is 5.05. The third-order valence-corrected chi connectivity index (χ3v) is 3.21. The van der Waals surface area contributed by atoms with Crippen molar-refractivity contribution in [2.24, 2.45) is 0 Å². The van der Waals surface area contributed by atoms with Gasteiger partial charge in [0.25, 0.3) is 5.91 Å². The van der Waals surface area contributed by atoms with E-state index in [0.29, 0.717) is 10.1 Å². The summed E-state index contributed by atoms with van der Waals surface area (Å²) >= 11 is 1.80. The second kappa shape index (κ2) is 6.25. The van der Waals surface area contributed by atoms with Gasteiger partial charge in [-0.2, -0.15) is 0 Å². The molecule has 0 saturated carbocycles. The third-order valence-electron chi connectivity index (χ3n) is 2.32. The number of carbonyl (C=O) groups excluding carboxylic acids is 1. The van der Waals surface area contributed by atoms with Gasteiger partial charge in [0, 0.05) is 16.2 Å². The van der Waals surface area contributed by atoms with Gasteiger partial charge in [0.1, 0.15) is 0 Å². The maximum Gasteiger partial charge on any atom is 0.252 e. The molecule has 0 heterocycles. The highest BCUT2D eigenvalue weighted by Crippen LogP contribution is 2.16. The first-order chi connectivity index (χ1) is 7.95. The van der Waals surface area contributed by atoms with E-state index in [-0.39, 0.29) is 11.6 Å². The van der Waals surface area contributed by atoms with Gasteiger partial charge in [-0.3, -0.25) is 4.79 Å². The van der Waals surface area contributed by atoms with E-state index in [1.165, 1.54) is 0 Å². The zero-order chi connectivity index (χ0) is 13.0. The zero-order valence-electron chi connectivity index (χ0n) is 9.48. The molecule has 17 heavy (non-hydrogen) atoms. The molecule has 1 aromatic carbocycles. The fraction of sp³-hybridized carbons (Fsp3) is 0.364. The van der Waals surface area contributed by atoms with Crippen molar-refractivity contribution >= 4 is 28.5 Å². The Morgan fingerprint density at radius 2 is 2.00 bits per heavy atom. The van der Waals surface area contributed by atoms with Crippen LogP contribution >= 0.6 is 22.6 Å². The molecule has 0 bridgehead atoms. The van der Waals surface area contributed by atoms with Crippen LogP contribution in [0.2, 0.25) is 0 Å². The summed E-state index contributed by atoms with van der Waals surface area (Å²) in [6, 6.07) is 2.03. The van der Waals surface area contributed by atoms with E-state index in [2.05, 4.69) is 10.6 Å². The van der Waals surface area contributed by atoms with Crippen LogP contribution in [0.1, 0.15) is 17.3 Å². The maximum atomic E-state index is 13.0. The fourth-order valence-electron chi connectivity index (χ4n) is 1.14. The van der Waals surface area contributed by atoms with Gasteiger partial charge in [-0.05, 0) is 48.7 Å². The highest BCUT2D eigenvalue weighted by molar-refractivity contribution is 14.1. The molecular weight excluding hydrogens is 341 g/mol. The highest BCUT2D eigenvalue weighted by atomic mass is 127. The van der Waals surface area contributed by atoms with E-state index in [4.69, 9.17) is 0 Å². The van der Waals surface area contributed by atoms with E-state index in [9.17, 15) is 13.6 Å².